The van der Waals surface area contributed by atoms with Gasteiger partial charge >= 0.3 is 6.03 Å². The molecule has 2 aromatic rings. The number of imide groups is 1. The summed E-state index contributed by atoms with van der Waals surface area (Å²) < 4.78 is 0.958. The first-order valence-corrected chi connectivity index (χ1v) is 7.75. The molecule has 1 saturated heterocycles. The Morgan fingerprint density at radius 1 is 0.955 bits per heavy atom. The summed E-state index contributed by atoms with van der Waals surface area (Å²) in [5.74, 6) is -0.177. The van der Waals surface area contributed by atoms with E-state index in [2.05, 4.69) is 15.9 Å². The van der Waals surface area contributed by atoms with Crippen LogP contribution in [0.5, 0.6) is 0 Å². The highest BCUT2D eigenvalue weighted by Crippen LogP contribution is 2.32. The maximum Gasteiger partial charge on any atom is 0.327 e. The molecule has 0 saturated carbocycles. The molecule has 3 amide bonds. The Morgan fingerprint density at radius 2 is 1.55 bits per heavy atom. The number of carbonyl (C=O) groups is 2. The molecule has 1 heterocycles. The molecular formula is C17H15BrN2O2. The van der Waals surface area contributed by atoms with Gasteiger partial charge < -0.3 is 4.90 Å². The molecule has 1 aliphatic heterocycles. The molecule has 1 unspecified atom stereocenters. The number of hydrogen-bond acceptors (Lipinski definition) is 2. The lowest BCUT2D eigenvalue weighted by atomic mass is 9.97. The number of amides is 3. The average molecular weight is 359 g/mol. The minimum Gasteiger partial charge on any atom is -0.318 e. The molecule has 1 fully saturated rings. The normalized spacial score (nSPS) is 16.3. The van der Waals surface area contributed by atoms with Crippen molar-refractivity contribution >= 4 is 27.9 Å². The molecule has 0 aliphatic carbocycles. The van der Waals surface area contributed by atoms with Gasteiger partial charge in [-0.1, -0.05) is 58.4 Å². The number of carbonyl (C=O) groups excluding carboxylic acids is 2. The van der Waals surface area contributed by atoms with Crippen molar-refractivity contribution < 1.29 is 9.59 Å². The van der Waals surface area contributed by atoms with Crippen LogP contribution in [0.15, 0.2) is 59.1 Å². The van der Waals surface area contributed by atoms with E-state index in [4.69, 9.17) is 0 Å². The molecule has 112 valence electrons. The molecule has 0 spiro atoms. The molecular weight excluding hydrogens is 344 g/mol. The summed E-state index contributed by atoms with van der Waals surface area (Å²) in [6, 6.07) is 16.6. The summed E-state index contributed by atoms with van der Waals surface area (Å²) >= 11 is 3.41. The van der Waals surface area contributed by atoms with Crippen LogP contribution >= 0.6 is 15.9 Å². The van der Waals surface area contributed by atoms with Crippen LogP contribution in [0, 0.1) is 0 Å². The van der Waals surface area contributed by atoms with Gasteiger partial charge in [-0.15, -0.1) is 0 Å². The third-order valence-corrected chi connectivity index (χ3v) is 4.26. The largest absolute Gasteiger partial charge is 0.327 e. The van der Waals surface area contributed by atoms with Crippen LogP contribution < -0.4 is 0 Å². The van der Waals surface area contributed by atoms with Gasteiger partial charge in [-0.25, -0.2) is 4.79 Å². The fourth-order valence-electron chi connectivity index (χ4n) is 2.66. The van der Waals surface area contributed by atoms with Gasteiger partial charge in [-0.3, -0.25) is 9.69 Å². The van der Waals surface area contributed by atoms with Crippen molar-refractivity contribution in [2.45, 2.75) is 6.04 Å². The Morgan fingerprint density at radius 3 is 2.09 bits per heavy atom. The summed E-state index contributed by atoms with van der Waals surface area (Å²) in [7, 11) is 1.64. The Labute approximate surface area is 137 Å². The summed E-state index contributed by atoms with van der Waals surface area (Å²) in [6.45, 7) is 0.124. The van der Waals surface area contributed by atoms with E-state index < -0.39 is 6.04 Å². The van der Waals surface area contributed by atoms with Crippen molar-refractivity contribution in [2.24, 2.45) is 0 Å². The first-order valence-electron chi connectivity index (χ1n) is 6.95. The van der Waals surface area contributed by atoms with Crippen LogP contribution in [0.3, 0.4) is 0 Å². The number of rotatable bonds is 3. The van der Waals surface area contributed by atoms with Gasteiger partial charge in [0.05, 0.1) is 6.04 Å². The van der Waals surface area contributed by atoms with Crippen molar-refractivity contribution in [3.05, 3.63) is 70.2 Å². The highest BCUT2D eigenvalue weighted by molar-refractivity contribution is 9.10. The average Bonchev–Trinajstić information content (AvgIpc) is 2.77. The Hall–Kier alpha value is -2.14. The van der Waals surface area contributed by atoms with E-state index in [9.17, 15) is 9.59 Å². The minimum atomic E-state index is -0.403. The first kappa shape index (κ1) is 14.8. The molecule has 5 heteroatoms. The van der Waals surface area contributed by atoms with Gasteiger partial charge in [-0.05, 0) is 23.3 Å². The highest BCUT2D eigenvalue weighted by atomic mass is 79.9. The monoisotopic (exact) mass is 358 g/mol. The number of likely N-dealkylation sites (N-methyl/N-ethyl adjacent to an activating group) is 1. The lowest BCUT2D eigenvalue weighted by Gasteiger charge is -2.27. The lowest BCUT2D eigenvalue weighted by Crippen LogP contribution is -2.36. The maximum absolute atomic E-state index is 12.4. The first-order chi connectivity index (χ1) is 10.6. The Balaban J connectivity index is 2.09. The van der Waals surface area contributed by atoms with Crippen LogP contribution in [-0.2, 0) is 4.79 Å². The van der Waals surface area contributed by atoms with E-state index in [0.29, 0.717) is 0 Å². The van der Waals surface area contributed by atoms with Crippen LogP contribution in [0.25, 0.3) is 0 Å². The predicted molar refractivity (Wildman–Crippen MR) is 87.3 cm³/mol. The molecule has 22 heavy (non-hydrogen) atoms. The van der Waals surface area contributed by atoms with Crippen molar-refractivity contribution in [2.75, 3.05) is 13.6 Å². The number of benzene rings is 2. The zero-order valence-corrected chi connectivity index (χ0v) is 13.7. The summed E-state index contributed by atoms with van der Waals surface area (Å²) in [6.07, 6.45) is 0. The second-order valence-corrected chi connectivity index (χ2v) is 6.18. The molecule has 0 N–H and O–H groups in total. The Kier molecular flexibility index (Phi) is 3.98. The summed E-state index contributed by atoms with van der Waals surface area (Å²) in [4.78, 5) is 27.5. The zero-order chi connectivity index (χ0) is 15.7. The van der Waals surface area contributed by atoms with E-state index >= 15 is 0 Å². The second-order valence-electron chi connectivity index (χ2n) is 5.27. The van der Waals surface area contributed by atoms with Crippen LogP contribution in [-0.4, -0.2) is 35.3 Å². The van der Waals surface area contributed by atoms with Crippen LogP contribution in [0.2, 0.25) is 0 Å². The zero-order valence-electron chi connectivity index (χ0n) is 12.1. The molecule has 0 aromatic heterocycles. The quantitative estimate of drug-likeness (QED) is 0.788. The minimum absolute atomic E-state index is 0.124. The molecule has 3 rings (SSSR count). The van der Waals surface area contributed by atoms with E-state index in [-0.39, 0.29) is 18.5 Å². The predicted octanol–water partition coefficient (Wildman–Crippen LogP) is 3.43. The van der Waals surface area contributed by atoms with E-state index in [1.165, 1.54) is 9.80 Å². The van der Waals surface area contributed by atoms with E-state index in [1.807, 2.05) is 54.6 Å². The van der Waals surface area contributed by atoms with Crippen molar-refractivity contribution in [1.29, 1.82) is 0 Å². The molecule has 2 aromatic carbocycles. The lowest BCUT2D eigenvalue weighted by molar-refractivity contribution is -0.126. The van der Waals surface area contributed by atoms with Gasteiger partial charge in [0.2, 0.25) is 0 Å². The summed E-state index contributed by atoms with van der Waals surface area (Å²) in [5.41, 5.74) is 1.83. The number of urea groups is 1. The van der Waals surface area contributed by atoms with Crippen molar-refractivity contribution in [1.82, 2.24) is 9.80 Å². The van der Waals surface area contributed by atoms with Gasteiger partial charge in [0.25, 0.3) is 5.91 Å². The number of hydrogen-bond donors (Lipinski definition) is 0. The maximum atomic E-state index is 12.4. The third-order valence-electron chi connectivity index (χ3n) is 3.73. The van der Waals surface area contributed by atoms with Crippen LogP contribution in [0.1, 0.15) is 17.2 Å². The van der Waals surface area contributed by atoms with Gasteiger partial charge in [0.1, 0.15) is 6.54 Å². The topological polar surface area (TPSA) is 40.6 Å². The fourth-order valence-corrected chi connectivity index (χ4v) is 2.93. The fraction of sp³-hybridized carbons (Fsp3) is 0.176. The molecule has 0 radical (unpaired) electrons. The van der Waals surface area contributed by atoms with E-state index in [0.717, 1.165) is 15.6 Å². The van der Waals surface area contributed by atoms with Gasteiger partial charge in [0, 0.05) is 11.5 Å². The van der Waals surface area contributed by atoms with Gasteiger partial charge in [-0.2, -0.15) is 0 Å². The molecule has 0 bridgehead atoms. The van der Waals surface area contributed by atoms with Gasteiger partial charge in [0.15, 0.2) is 0 Å². The highest BCUT2D eigenvalue weighted by Gasteiger charge is 2.39. The van der Waals surface area contributed by atoms with Crippen LogP contribution in [0.4, 0.5) is 4.79 Å². The Bertz CT molecular complexity index is 700. The standard InChI is InChI=1S/C17H15BrN2O2/c1-19-11-15(21)20(17(19)22)16(12-5-3-2-4-6-12)13-7-9-14(18)10-8-13/h2-10,16H,11H2,1H3. The number of halogens is 1. The summed E-state index contributed by atoms with van der Waals surface area (Å²) in [5, 5.41) is 0. The third kappa shape index (κ3) is 2.64. The van der Waals surface area contributed by atoms with Crippen molar-refractivity contribution in [3.8, 4) is 0 Å². The SMILES string of the molecule is CN1CC(=O)N(C(c2ccccc2)c2ccc(Br)cc2)C1=O. The number of nitrogens with zero attached hydrogens (tertiary/aromatic N) is 2. The molecule has 4 nitrogen and oxygen atoms in total. The van der Waals surface area contributed by atoms with Crippen molar-refractivity contribution in [3.63, 3.8) is 0 Å². The molecule has 1 atom stereocenters. The second kappa shape index (κ2) is 5.93. The van der Waals surface area contributed by atoms with E-state index in [1.54, 1.807) is 7.05 Å². The smallest absolute Gasteiger partial charge is 0.318 e. The molecule has 1 aliphatic rings.